The van der Waals surface area contributed by atoms with Gasteiger partial charge in [0.25, 0.3) is 0 Å². The minimum atomic E-state index is -0.741. The number of benzene rings is 2. The largest absolute Gasteiger partial charge is 0.318 e. The quantitative estimate of drug-likeness (QED) is 0.660. The summed E-state index contributed by atoms with van der Waals surface area (Å²) in [4.78, 5) is 24.8. The third-order valence-corrected chi connectivity index (χ3v) is 4.10. The van der Waals surface area contributed by atoms with Gasteiger partial charge in [-0.1, -0.05) is 23.7 Å². The molecule has 2 aromatic rings. The highest BCUT2D eigenvalue weighted by molar-refractivity contribution is 7.98. The van der Waals surface area contributed by atoms with Crippen LogP contribution in [0, 0.1) is 6.92 Å². The van der Waals surface area contributed by atoms with Gasteiger partial charge in [0.1, 0.15) is 0 Å². The van der Waals surface area contributed by atoms with Crippen molar-refractivity contribution in [2.24, 2.45) is 0 Å². The van der Waals surface area contributed by atoms with Crippen LogP contribution in [0.3, 0.4) is 0 Å². The maximum Gasteiger partial charge on any atom is 0.314 e. The zero-order valence-corrected chi connectivity index (χ0v) is 13.7. The molecule has 0 heterocycles. The number of rotatable bonds is 3. The van der Waals surface area contributed by atoms with E-state index >= 15 is 0 Å². The van der Waals surface area contributed by atoms with E-state index in [4.69, 9.17) is 11.6 Å². The van der Waals surface area contributed by atoms with E-state index in [1.54, 1.807) is 42.1 Å². The Morgan fingerprint density at radius 1 is 1.00 bits per heavy atom. The van der Waals surface area contributed by atoms with Crippen molar-refractivity contribution in [3.63, 3.8) is 0 Å². The first kappa shape index (κ1) is 16.4. The number of carbonyl (C=O) groups is 2. The normalized spacial score (nSPS) is 10.1. The molecule has 0 aliphatic rings. The number of thioether (sulfide) groups is 1. The van der Waals surface area contributed by atoms with Crippen LogP contribution in [-0.4, -0.2) is 18.1 Å². The Bertz CT molecular complexity index is 719. The fourth-order valence-corrected chi connectivity index (χ4v) is 2.39. The lowest BCUT2D eigenvalue weighted by Gasteiger charge is -2.08. The molecule has 0 aromatic heterocycles. The summed E-state index contributed by atoms with van der Waals surface area (Å²) in [6, 6.07) is 12.4. The number of hydrogen-bond donors (Lipinski definition) is 2. The number of aryl methyl sites for hydroxylation is 1. The molecule has 0 aliphatic carbocycles. The second-order valence-electron chi connectivity index (χ2n) is 4.60. The summed E-state index contributed by atoms with van der Waals surface area (Å²) in [6.07, 6.45) is 1.94. The summed E-state index contributed by atoms with van der Waals surface area (Å²) in [5.74, 6) is -1.47. The van der Waals surface area contributed by atoms with Crippen molar-refractivity contribution in [2.45, 2.75) is 11.8 Å². The van der Waals surface area contributed by atoms with Crippen molar-refractivity contribution >= 4 is 46.6 Å². The van der Waals surface area contributed by atoms with Crippen molar-refractivity contribution in [3.05, 3.63) is 53.1 Å². The van der Waals surface area contributed by atoms with Crippen LogP contribution in [0.4, 0.5) is 11.4 Å². The van der Waals surface area contributed by atoms with E-state index in [-0.39, 0.29) is 0 Å². The highest BCUT2D eigenvalue weighted by Gasteiger charge is 2.14. The van der Waals surface area contributed by atoms with Gasteiger partial charge < -0.3 is 10.6 Å². The minimum Gasteiger partial charge on any atom is -0.318 e. The molecular weight excluding hydrogens is 320 g/mol. The minimum absolute atomic E-state index is 0.480. The van der Waals surface area contributed by atoms with Crippen LogP contribution < -0.4 is 10.6 Å². The molecule has 0 saturated carbocycles. The Balaban J connectivity index is 2.02. The standard InChI is InChI=1S/C16H15ClN2O2S/c1-10-6-7-12(9-14(10)17)19-16(21)15(20)18-11-4-3-5-13(8-11)22-2/h3-9H,1-2H3,(H,18,20)(H,19,21). The van der Waals surface area contributed by atoms with Crippen LogP contribution in [0.5, 0.6) is 0 Å². The molecule has 2 N–H and O–H groups in total. The summed E-state index contributed by atoms with van der Waals surface area (Å²) in [6.45, 7) is 1.86. The molecule has 0 fully saturated rings. The maximum atomic E-state index is 11.9. The molecule has 0 unspecified atom stereocenters. The average Bonchev–Trinajstić information content (AvgIpc) is 2.51. The summed E-state index contributed by atoms with van der Waals surface area (Å²) in [5.41, 5.74) is 1.96. The van der Waals surface area contributed by atoms with Gasteiger partial charge in [0.05, 0.1) is 0 Å². The number of halogens is 1. The summed E-state index contributed by atoms with van der Waals surface area (Å²) in [5, 5.41) is 5.62. The molecule has 0 spiro atoms. The fourth-order valence-electron chi connectivity index (χ4n) is 1.75. The third kappa shape index (κ3) is 4.26. The molecule has 2 amide bonds. The van der Waals surface area contributed by atoms with Gasteiger partial charge in [-0.15, -0.1) is 11.8 Å². The Morgan fingerprint density at radius 3 is 2.23 bits per heavy atom. The first-order valence-electron chi connectivity index (χ1n) is 6.52. The van der Waals surface area contributed by atoms with Crippen molar-refractivity contribution in [1.82, 2.24) is 0 Å². The lowest BCUT2D eigenvalue weighted by Crippen LogP contribution is -2.29. The highest BCUT2D eigenvalue weighted by atomic mass is 35.5. The molecule has 2 rings (SSSR count). The van der Waals surface area contributed by atoms with E-state index in [1.807, 2.05) is 25.3 Å². The van der Waals surface area contributed by atoms with Crippen molar-refractivity contribution in [1.29, 1.82) is 0 Å². The third-order valence-electron chi connectivity index (χ3n) is 2.96. The van der Waals surface area contributed by atoms with Crippen LogP contribution in [0.2, 0.25) is 5.02 Å². The van der Waals surface area contributed by atoms with E-state index in [9.17, 15) is 9.59 Å². The molecule has 0 radical (unpaired) electrons. The molecular formula is C16H15ClN2O2S. The van der Waals surface area contributed by atoms with Gasteiger partial charge in [0.2, 0.25) is 0 Å². The number of hydrogen-bond acceptors (Lipinski definition) is 3. The Hall–Kier alpha value is -1.98. The van der Waals surface area contributed by atoms with Gasteiger partial charge in [-0.25, -0.2) is 0 Å². The van der Waals surface area contributed by atoms with Gasteiger partial charge >= 0.3 is 11.8 Å². The molecule has 22 heavy (non-hydrogen) atoms. The fraction of sp³-hybridized carbons (Fsp3) is 0.125. The van der Waals surface area contributed by atoms with E-state index in [1.165, 1.54) is 0 Å². The number of nitrogens with one attached hydrogen (secondary N) is 2. The van der Waals surface area contributed by atoms with Crippen molar-refractivity contribution < 1.29 is 9.59 Å². The Morgan fingerprint density at radius 2 is 1.64 bits per heavy atom. The van der Waals surface area contributed by atoms with E-state index in [0.29, 0.717) is 16.4 Å². The van der Waals surface area contributed by atoms with Crippen LogP contribution in [0.15, 0.2) is 47.4 Å². The SMILES string of the molecule is CSc1cccc(NC(=O)C(=O)Nc2ccc(C)c(Cl)c2)c1. The lowest BCUT2D eigenvalue weighted by molar-refractivity contribution is -0.132. The smallest absolute Gasteiger partial charge is 0.314 e. The van der Waals surface area contributed by atoms with Crippen molar-refractivity contribution in [3.8, 4) is 0 Å². The summed E-state index contributed by atoms with van der Waals surface area (Å²) in [7, 11) is 0. The van der Waals surface area contributed by atoms with E-state index in [0.717, 1.165) is 10.5 Å². The number of carbonyl (C=O) groups excluding carboxylic acids is 2. The van der Waals surface area contributed by atoms with Crippen LogP contribution in [-0.2, 0) is 9.59 Å². The second-order valence-corrected chi connectivity index (χ2v) is 5.89. The van der Waals surface area contributed by atoms with Crippen molar-refractivity contribution in [2.75, 3.05) is 16.9 Å². The highest BCUT2D eigenvalue weighted by Crippen LogP contribution is 2.21. The van der Waals surface area contributed by atoms with Gasteiger partial charge in [-0.2, -0.15) is 0 Å². The van der Waals surface area contributed by atoms with Gasteiger partial charge in [-0.3, -0.25) is 9.59 Å². The molecule has 2 aromatic carbocycles. The van der Waals surface area contributed by atoms with Crippen LogP contribution >= 0.6 is 23.4 Å². The van der Waals surface area contributed by atoms with Gasteiger partial charge in [0, 0.05) is 21.3 Å². The molecule has 114 valence electrons. The van der Waals surface area contributed by atoms with E-state index < -0.39 is 11.8 Å². The first-order valence-corrected chi connectivity index (χ1v) is 8.12. The molecule has 0 aliphatic heterocycles. The Labute approximate surface area is 138 Å². The summed E-state index contributed by atoms with van der Waals surface area (Å²) >= 11 is 7.54. The molecule has 0 saturated heterocycles. The number of anilines is 2. The van der Waals surface area contributed by atoms with Gasteiger partial charge in [0.15, 0.2) is 0 Å². The van der Waals surface area contributed by atoms with E-state index in [2.05, 4.69) is 10.6 Å². The lowest BCUT2D eigenvalue weighted by atomic mass is 10.2. The molecule has 4 nitrogen and oxygen atoms in total. The van der Waals surface area contributed by atoms with Crippen LogP contribution in [0.25, 0.3) is 0 Å². The molecule has 0 bridgehead atoms. The monoisotopic (exact) mass is 334 g/mol. The average molecular weight is 335 g/mol. The Kier molecular flexibility index (Phi) is 5.46. The maximum absolute atomic E-state index is 11.9. The molecule has 6 heteroatoms. The number of amides is 2. The predicted molar refractivity (Wildman–Crippen MR) is 91.7 cm³/mol. The summed E-state index contributed by atoms with van der Waals surface area (Å²) < 4.78 is 0. The van der Waals surface area contributed by atoms with Gasteiger partial charge in [-0.05, 0) is 49.1 Å². The topological polar surface area (TPSA) is 58.2 Å². The second kappa shape index (κ2) is 7.33. The predicted octanol–water partition coefficient (Wildman–Crippen LogP) is 3.95. The first-order chi connectivity index (χ1) is 10.5. The molecule has 0 atom stereocenters. The van der Waals surface area contributed by atoms with Crippen LogP contribution in [0.1, 0.15) is 5.56 Å². The zero-order chi connectivity index (χ0) is 16.1. The zero-order valence-electron chi connectivity index (χ0n) is 12.1.